The summed E-state index contributed by atoms with van der Waals surface area (Å²) in [7, 11) is 1.35. The number of carboxylic acids is 2. The van der Waals surface area contributed by atoms with Gasteiger partial charge in [-0.25, -0.2) is 14.4 Å². The number of hydrogen-bond acceptors (Lipinski definition) is 10. The van der Waals surface area contributed by atoms with Crippen molar-refractivity contribution in [3.63, 3.8) is 0 Å². The molecule has 12 nitrogen and oxygen atoms in total. The van der Waals surface area contributed by atoms with Gasteiger partial charge in [-0.3, -0.25) is 0 Å². The van der Waals surface area contributed by atoms with E-state index in [4.69, 9.17) is 18.9 Å². The van der Waals surface area contributed by atoms with E-state index >= 15 is 0 Å². The van der Waals surface area contributed by atoms with Crippen LogP contribution in [0.15, 0.2) is 60.7 Å². The van der Waals surface area contributed by atoms with Crippen LogP contribution in [0.3, 0.4) is 0 Å². The van der Waals surface area contributed by atoms with E-state index in [0.29, 0.717) is 11.1 Å². The predicted molar refractivity (Wildman–Crippen MR) is 137 cm³/mol. The number of carboxylic acid groups (broad SMARTS) is 2. The first-order valence-electron chi connectivity index (χ1n) is 11.7. The second kappa shape index (κ2) is 11.6. The van der Waals surface area contributed by atoms with Crippen LogP contribution in [0.1, 0.15) is 22.8 Å². The molecule has 0 bridgehead atoms. The third-order valence-electron chi connectivity index (χ3n) is 5.93. The standard InChI is InChI=1S/C28H24O12/c1-37-21-11-15(2-6-18(21)30)12-23(27(33)34)38-24(32)9-4-14-3-8-20-22(10-14)40-26(28(35)36)25(39-20)16-5-7-17(29)19(31)13-16/h2-11,13,23,25-26,29-31H,12H2,1H3,(H,33,34)(H,35,36)/t23-,25-,26-/m1/s1. The van der Waals surface area contributed by atoms with Crippen molar-refractivity contribution in [3.8, 4) is 34.5 Å². The lowest BCUT2D eigenvalue weighted by Gasteiger charge is -2.32. The molecule has 208 valence electrons. The average molecular weight is 552 g/mol. The lowest BCUT2D eigenvalue weighted by molar-refractivity contribution is -0.160. The fourth-order valence-corrected chi connectivity index (χ4v) is 3.94. The third kappa shape index (κ3) is 6.18. The van der Waals surface area contributed by atoms with Crippen LogP contribution >= 0.6 is 0 Å². The zero-order valence-corrected chi connectivity index (χ0v) is 20.9. The molecule has 0 saturated heterocycles. The van der Waals surface area contributed by atoms with Crippen LogP contribution < -0.4 is 14.2 Å². The molecule has 0 spiro atoms. The molecule has 1 aliphatic rings. The Morgan fingerprint density at radius 1 is 0.900 bits per heavy atom. The van der Waals surface area contributed by atoms with Crippen molar-refractivity contribution in [2.45, 2.75) is 24.7 Å². The molecular weight excluding hydrogens is 528 g/mol. The van der Waals surface area contributed by atoms with Crippen LogP contribution in [-0.2, 0) is 25.5 Å². The van der Waals surface area contributed by atoms with Gasteiger partial charge in [-0.15, -0.1) is 0 Å². The van der Waals surface area contributed by atoms with Gasteiger partial charge in [0.2, 0.25) is 12.2 Å². The molecule has 1 aliphatic heterocycles. The van der Waals surface area contributed by atoms with Gasteiger partial charge in [0.15, 0.2) is 40.6 Å². The molecular formula is C28H24O12. The summed E-state index contributed by atoms with van der Waals surface area (Å²) in [4.78, 5) is 35.9. The summed E-state index contributed by atoms with van der Waals surface area (Å²) in [5, 5.41) is 48.2. The smallest absolute Gasteiger partial charge is 0.349 e. The molecule has 5 N–H and O–H groups in total. The van der Waals surface area contributed by atoms with Gasteiger partial charge in [-0.1, -0.05) is 18.2 Å². The lowest BCUT2D eigenvalue weighted by Crippen LogP contribution is -2.39. The number of aliphatic carboxylic acids is 2. The monoisotopic (exact) mass is 552 g/mol. The quantitative estimate of drug-likeness (QED) is 0.148. The molecule has 4 rings (SSSR count). The molecule has 0 aromatic heterocycles. The van der Waals surface area contributed by atoms with Gasteiger partial charge < -0.3 is 44.5 Å². The van der Waals surface area contributed by atoms with Gasteiger partial charge in [0.05, 0.1) is 7.11 Å². The van der Waals surface area contributed by atoms with Crippen molar-refractivity contribution in [3.05, 3.63) is 77.4 Å². The molecule has 0 amide bonds. The van der Waals surface area contributed by atoms with Gasteiger partial charge in [0.25, 0.3) is 0 Å². The second-order valence-electron chi connectivity index (χ2n) is 8.68. The zero-order valence-electron chi connectivity index (χ0n) is 20.9. The fourth-order valence-electron chi connectivity index (χ4n) is 3.94. The summed E-state index contributed by atoms with van der Waals surface area (Å²) in [6, 6.07) is 12.5. The van der Waals surface area contributed by atoms with E-state index in [9.17, 15) is 39.9 Å². The lowest BCUT2D eigenvalue weighted by atomic mass is 10.0. The van der Waals surface area contributed by atoms with Crippen molar-refractivity contribution in [1.29, 1.82) is 0 Å². The number of carbonyl (C=O) groups excluding carboxylic acids is 1. The average Bonchev–Trinajstić information content (AvgIpc) is 2.93. The first-order valence-corrected chi connectivity index (χ1v) is 11.7. The maximum Gasteiger partial charge on any atom is 0.349 e. The maximum atomic E-state index is 12.4. The highest BCUT2D eigenvalue weighted by molar-refractivity contribution is 5.89. The summed E-state index contributed by atoms with van der Waals surface area (Å²) in [5.74, 6) is -4.18. The predicted octanol–water partition coefficient (Wildman–Crippen LogP) is 3.03. The Hall–Kier alpha value is -5.39. The van der Waals surface area contributed by atoms with Crippen LogP contribution in [0.25, 0.3) is 6.08 Å². The van der Waals surface area contributed by atoms with E-state index in [-0.39, 0.29) is 40.7 Å². The topological polar surface area (TPSA) is 189 Å². The number of hydrogen-bond donors (Lipinski definition) is 5. The van der Waals surface area contributed by atoms with Crippen LogP contribution in [0.4, 0.5) is 0 Å². The summed E-state index contributed by atoms with van der Waals surface area (Å²) < 4.78 is 21.6. The molecule has 0 aliphatic carbocycles. The molecule has 0 radical (unpaired) electrons. The number of esters is 1. The summed E-state index contributed by atoms with van der Waals surface area (Å²) >= 11 is 0. The van der Waals surface area contributed by atoms with Gasteiger partial charge in [0.1, 0.15) is 0 Å². The molecule has 3 atom stereocenters. The first-order chi connectivity index (χ1) is 19.0. The summed E-state index contributed by atoms with van der Waals surface area (Å²) in [6.07, 6.45) is -1.97. The molecule has 1 heterocycles. The van der Waals surface area contributed by atoms with Crippen LogP contribution in [0, 0.1) is 0 Å². The number of ether oxygens (including phenoxy) is 4. The highest BCUT2D eigenvalue weighted by Crippen LogP contribution is 2.41. The normalized spacial score (nSPS) is 16.7. The Labute approximate surface area is 226 Å². The van der Waals surface area contributed by atoms with Crippen molar-refractivity contribution in [1.82, 2.24) is 0 Å². The fraction of sp³-hybridized carbons (Fsp3) is 0.179. The number of carbonyl (C=O) groups is 3. The summed E-state index contributed by atoms with van der Waals surface area (Å²) in [5.41, 5.74) is 1.12. The largest absolute Gasteiger partial charge is 0.504 e. The Kier molecular flexibility index (Phi) is 7.99. The minimum atomic E-state index is -1.51. The van der Waals surface area contributed by atoms with E-state index in [2.05, 4.69) is 0 Å². The maximum absolute atomic E-state index is 12.4. The molecule has 0 saturated carbocycles. The van der Waals surface area contributed by atoms with Gasteiger partial charge in [0, 0.05) is 18.1 Å². The van der Waals surface area contributed by atoms with Crippen molar-refractivity contribution in [2.75, 3.05) is 7.11 Å². The van der Waals surface area contributed by atoms with E-state index in [1.165, 1.54) is 61.7 Å². The van der Waals surface area contributed by atoms with E-state index in [0.717, 1.165) is 6.08 Å². The highest BCUT2D eigenvalue weighted by atomic mass is 16.6. The zero-order chi connectivity index (χ0) is 29.0. The molecule has 0 unspecified atom stereocenters. The Bertz CT molecular complexity index is 1480. The Balaban J connectivity index is 1.47. The van der Waals surface area contributed by atoms with Crippen LogP contribution in [-0.4, -0.2) is 62.8 Å². The van der Waals surface area contributed by atoms with Crippen LogP contribution in [0.2, 0.25) is 0 Å². The highest BCUT2D eigenvalue weighted by Gasteiger charge is 2.38. The molecule has 3 aromatic carbocycles. The van der Waals surface area contributed by atoms with E-state index in [1.807, 2.05) is 0 Å². The number of methoxy groups -OCH3 is 1. The third-order valence-corrected chi connectivity index (χ3v) is 5.93. The molecule has 12 heteroatoms. The number of phenols is 3. The van der Waals surface area contributed by atoms with Crippen LogP contribution in [0.5, 0.6) is 34.5 Å². The molecule has 40 heavy (non-hydrogen) atoms. The number of fused-ring (bicyclic) bond motifs is 1. The minimum Gasteiger partial charge on any atom is -0.504 e. The summed E-state index contributed by atoms with van der Waals surface area (Å²) in [6.45, 7) is 0. The molecule has 3 aromatic rings. The number of rotatable bonds is 9. The number of phenolic OH excluding ortho intramolecular Hbond substituents is 3. The number of aromatic hydroxyl groups is 3. The Morgan fingerprint density at radius 3 is 2.33 bits per heavy atom. The Morgan fingerprint density at radius 2 is 1.65 bits per heavy atom. The van der Waals surface area contributed by atoms with E-state index in [1.54, 1.807) is 6.07 Å². The minimum absolute atomic E-state index is 0.0758. The van der Waals surface area contributed by atoms with Gasteiger partial charge in [-0.2, -0.15) is 0 Å². The second-order valence-corrected chi connectivity index (χ2v) is 8.68. The van der Waals surface area contributed by atoms with Crippen molar-refractivity contribution in [2.24, 2.45) is 0 Å². The number of benzene rings is 3. The van der Waals surface area contributed by atoms with Gasteiger partial charge in [-0.05, 0) is 53.6 Å². The SMILES string of the molecule is COc1cc(C[C@@H](OC(=O)C=Cc2ccc3c(c2)O[C@@H](C(=O)O)[C@@H](c2ccc(O)c(O)c2)O3)C(=O)O)ccc1O. The molecule has 0 fully saturated rings. The van der Waals surface area contributed by atoms with Crippen molar-refractivity contribution < 1.29 is 58.9 Å². The van der Waals surface area contributed by atoms with Gasteiger partial charge >= 0.3 is 17.9 Å². The first kappa shape index (κ1) is 27.6. The van der Waals surface area contributed by atoms with Crippen molar-refractivity contribution >= 4 is 24.0 Å². The van der Waals surface area contributed by atoms with E-state index < -0.39 is 42.0 Å².